The summed E-state index contributed by atoms with van der Waals surface area (Å²) in [5.74, 6) is -1.09. The van der Waals surface area contributed by atoms with Crippen LogP contribution in [0.5, 0.6) is 23.0 Å². The standard InChI is InChI=1S/C41H47F9P2.C38H24F4O4P2.C5H10.Fe/c1-26-20-28(39(42,43)44)23-33(21-26)51(34-24-29(40(45,46)47)22-30(25-34)41(48,49)50)27(2)35-17-11-18-36(35)37-16-9-10-19-38(37)52(31-12-5-3-6-13-31)32-14-7-4-8-15-32;39-37(40)43-29-21-23-31(47(25-13-5-1-6-14-25)26-15-7-2-8-16-26)33(35(29)45-37)34-32(24-22-30-36(34)46-38(41,42)44-30)48(27-17-9-3-10-18-27)28-19-11-4-12-20-28;1-2-4-5-3-1;/h9-10,16,19-25,27,31-32,35-36H,3-8,11-15,17-18H2,1-2H3;1-24H;1-5H2;/t27-,35?,36?,51-;;;/m1.../s1. The van der Waals surface area contributed by atoms with Gasteiger partial charge in [0.1, 0.15) is 0 Å². The van der Waals surface area contributed by atoms with Crippen LogP contribution >= 0.6 is 31.7 Å². The SMILES string of the molecule is C1CCCC1.Cc1cc([P@](c2cc(C(F)(F)F)cc(C(F)(F)F)c2)[C@H](C)C2CCCC2c2ccccc2P(C2CCCCC2)C2CCCCC2)cc(C(F)(F)F)c1.FC1(F)Oc2ccc(P(c3ccccc3)c3ccccc3)c(-c3c(P(c4ccccc4)c4ccccc4)ccc4c3OC(F)(F)O4)c2O1.[Fe]. The number of ether oxygens (including phenoxy) is 4. The Kier molecular flexibility index (Phi) is 25.2. The van der Waals surface area contributed by atoms with Crippen LogP contribution in [0.15, 0.2) is 206 Å². The van der Waals surface area contributed by atoms with Crippen molar-refractivity contribution in [3.8, 4) is 34.1 Å². The summed E-state index contributed by atoms with van der Waals surface area (Å²) in [6, 6.07) is 58.5. The summed E-state index contributed by atoms with van der Waals surface area (Å²) in [6.45, 7) is 3.34. The summed E-state index contributed by atoms with van der Waals surface area (Å²) in [5, 5.41) is 6.18. The quantitative estimate of drug-likeness (QED) is 0.0582. The number of halogens is 13. The summed E-state index contributed by atoms with van der Waals surface area (Å²) in [7, 11) is -5.50. The summed E-state index contributed by atoms with van der Waals surface area (Å²) in [6.07, 6.45) is -0.788. The van der Waals surface area contributed by atoms with Crippen LogP contribution in [0.4, 0.5) is 57.1 Å². The van der Waals surface area contributed by atoms with E-state index in [0.717, 1.165) is 58.3 Å². The van der Waals surface area contributed by atoms with E-state index < -0.39 is 85.2 Å². The maximum Gasteiger partial charge on any atom is 0.586 e. The Balaban J connectivity index is 0.000000185. The first kappa shape index (κ1) is 79.1. The third-order valence-electron chi connectivity index (χ3n) is 20.8. The topological polar surface area (TPSA) is 36.9 Å². The van der Waals surface area contributed by atoms with Crippen molar-refractivity contribution in [1.82, 2.24) is 0 Å². The minimum Gasteiger partial charge on any atom is -0.395 e. The van der Waals surface area contributed by atoms with Crippen molar-refractivity contribution in [2.45, 2.75) is 183 Å². The van der Waals surface area contributed by atoms with Crippen LogP contribution in [0.2, 0.25) is 0 Å². The first-order chi connectivity index (χ1) is 50.3. The van der Waals surface area contributed by atoms with Crippen LogP contribution in [0.1, 0.15) is 156 Å². The Hall–Kier alpha value is -6.49. The fourth-order valence-electron chi connectivity index (χ4n) is 16.3. The monoisotopic (exact) mass is 1580 g/mol. The summed E-state index contributed by atoms with van der Waals surface area (Å²) in [4.78, 5) is 0. The average Bonchev–Trinajstić information content (AvgIpc) is 1.50. The zero-order valence-electron chi connectivity index (χ0n) is 58.4. The Labute approximate surface area is 626 Å². The van der Waals surface area contributed by atoms with Gasteiger partial charge >= 0.3 is 31.1 Å². The Morgan fingerprint density at radius 1 is 0.368 bits per heavy atom. The summed E-state index contributed by atoms with van der Waals surface area (Å²) in [5.41, 5.74) is -1.24. The number of rotatable bonds is 15. The molecule has 6 aliphatic rings. The molecule has 0 saturated heterocycles. The van der Waals surface area contributed by atoms with Gasteiger partial charge in [-0.15, -0.1) is 17.6 Å². The van der Waals surface area contributed by atoms with E-state index in [0.29, 0.717) is 28.3 Å². The molecule has 4 aliphatic carbocycles. The molecule has 560 valence electrons. The van der Waals surface area contributed by atoms with E-state index in [1.54, 1.807) is 12.1 Å². The number of benzene rings is 9. The second-order valence-corrected chi connectivity index (χ2v) is 37.6. The van der Waals surface area contributed by atoms with E-state index in [2.05, 4.69) is 18.2 Å². The smallest absolute Gasteiger partial charge is 0.395 e. The molecule has 0 amide bonds. The molecule has 0 bridgehead atoms. The van der Waals surface area contributed by atoms with E-state index in [-0.39, 0.29) is 85.3 Å². The van der Waals surface area contributed by atoms with Crippen molar-refractivity contribution in [3.05, 3.63) is 234 Å². The minimum atomic E-state index is -5.08. The molecule has 9 aromatic rings. The van der Waals surface area contributed by atoms with Gasteiger partial charge in [0.05, 0.1) is 16.7 Å². The molecule has 0 radical (unpaired) electrons. The number of hydrogen-bond donors (Lipinski definition) is 0. The molecule has 0 spiro atoms. The molecule has 4 saturated carbocycles. The fraction of sp³-hybridized carbons (Fsp3) is 0.357. The zero-order chi connectivity index (χ0) is 73.8. The van der Waals surface area contributed by atoms with Crippen LogP contribution in [0.3, 0.4) is 0 Å². The van der Waals surface area contributed by atoms with Gasteiger partial charge < -0.3 is 18.9 Å². The normalized spacial score (nSPS) is 19.1. The predicted molar refractivity (Wildman–Crippen MR) is 400 cm³/mol. The van der Waals surface area contributed by atoms with Gasteiger partial charge in [0.25, 0.3) is 0 Å². The van der Waals surface area contributed by atoms with Crippen molar-refractivity contribution in [3.63, 3.8) is 0 Å². The predicted octanol–water partition coefficient (Wildman–Crippen LogP) is 22.7. The average molecular weight is 1580 g/mol. The molecule has 0 N–H and O–H groups in total. The molecule has 2 heterocycles. The molecular formula is C84H81F13FeO4P4. The van der Waals surface area contributed by atoms with Crippen LogP contribution in [-0.2, 0) is 35.6 Å². The van der Waals surface area contributed by atoms with Crippen LogP contribution in [0.25, 0.3) is 11.1 Å². The maximum atomic E-state index is 15.0. The van der Waals surface area contributed by atoms with Crippen molar-refractivity contribution >= 4 is 79.4 Å². The first-order valence-electron chi connectivity index (χ1n) is 36.1. The van der Waals surface area contributed by atoms with Crippen molar-refractivity contribution in [2.75, 3.05) is 0 Å². The molecule has 22 heteroatoms. The molecular weight excluding hydrogens is 1500 g/mol. The largest absolute Gasteiger partial charge is 0.586 e. The zero-order valence-corrected chi connectivity index (χ0v) is 63.1. The Morgan fingerprint density at radius 2 is 0.726 bits per heavy atom. The third kappa shape index (κ3) is 18.2. The molecule has 106 heavy (non-hydrogen) atoms. The van der Waals surface area contributed by atoms with Gasteiger partial charge in [0.15, 0.2) is 23.0 Å². The van der Waals surface area contributed by atoms with Gasteiger partial charge in [0, 0.05) is 28.2 Å². The van der Waals surface area contributed by atoms with Crippen LogP contribution < -0.4 is 66.7 Å². The summed E-state index contributed by atoms with van der Waals surface area (Å²) >= 11 is 0. The van der Waals surface area contributed by atoms with E-state index >= 15 is 0 Å². The van der Waals surface area contributed by atoms with E-state index in [1.165, 1.54) is 132 Å². The second-order valence-electron chi connectivity index (χ2n) is 27.9. The van der Waals surface area contributed by atoms with Crippen LogP contribution in [-0.4, -0.2) is 29.6 Å². The van der Waals surface area contributed by atoms with Crippen LogP contribution in [0, 0.1) is 12.8 Å². The first-order valence-corrected chi connectivity index (χ1v) is 41.7. The van der Waals surface area contributed by atoms with E-state index in [1.807, 2.05) is 134 Å². The van der Waals surface area contributed by atoms with E-state index in [9.17, 15) is 57.1 Å². The number of hydrogen-bond acceptors (Lipinski definition) is 4. The molecule has 4 nitrogen and oxygen atoms in total. The molecule has 4 fully saturated rings. The van der Waals surface area contributed by atoms with Gasteiger partial charge in [-0.05, 0) is 211 Å². The maximum absolute atomic E-state index is 15.0. The van der Waals surface area contributed by atoms with Gasteiger partial charge in [-0.2, -0.15) is 39.5 Å². The third-order valence-corrected chi connectivity index (χ3v) is 32.2. The van der Waals surface area contributed by atoms with Gasteiger partial charge in [-0.3, -0.25) is 0 Å². The van der Waals surface area contributed by atoms with Gasteiger partial charge in [0.2, 0.25) is 0 Å². The number of fused-ring (bicyclic) bond motifs is 2. The molecule has 4 atom stereocenters. The van der Waals surface area contributed by atoms with E-state index in [4.69, 9.17) is 18.9 Å². The molecule has 15 rings (SSSR count). The van der Waals surface area contributed by atoms with Crippen molar-refractivity contribution < 1.29 is 93.1 Å². The van der Waals surface area contributed by atoms with Gasteiger partial charge in [-0.25, -0.2) is 0 Å². The second kappa shape index (κ2) is 33.8. The van der Waals surface area contributed by atoms with Gasteiger partial charge in [-0.1, -0.05) is 244 Å². The molecule has 2 unspecified atom stereocenters. The number of aryl methyl sites for hydroxylation is 1. The Morgan fingerprint density at radius 3 is 1.12 bits per heavy atom. The number of alkyl halides is 13. The summed E-state index contributed by atoms with van der Waals surface area (Å²) < 4.78 is 208. The molecule has 0 aromatic heterocycles. The Bertz CT molecular complexity index is 4130. The van der Waals surface area contributed by atoms with Crippen molar-refractivity contribution in [2.24, 2.45) is 5.92 Å². The minimum absolute atomic E-state index is 0. The molecule has 9 aromatic carbocycles. The fourth-order valence-corrected chi connectivity index (χ4v) is 28.3. The van der Waals surface area contributed by atoms with Crippen molar-refractivity contribution in [1.29, 1.82) is 0 Å². The molecule has 2 aliphatic heterocycles.